The zero-order chi connectivity index (χ0) is 13.7. The summed E-state index contributed by atoms with van der Waals surface area (Å²) >= 11 is 0. The second kappa shape index (κ2) is 5.71. The number of hydrogen-bond donors (Lipinski definition) is 3. The molecule has 2 amide bonds. The fourth-order valence-corrected chi connectivity index (χ4v) is 1.20. The Balaban J connectivity index is 2.82. The number of hydrogen-bond acceptors (Lipinski definition) is 4. The summed E-state index contributed by atoms with van der Waals surface area (Å²) in [5.74, 6) is -4.17. The number of pyridine rings is 1. The summed E-state index contributed by atoms with van der Waals surface area (Å²) in [7, 11) is 0. The summed E-state index contributed by atoms with van der Waals surface area (Å²) < 4.78 is 13.2. The summed E-state index contributed by atoms with van der Waals surface area (Å²) in [6.07, 6.45) is 1.42. The third-order valence-corrected chi connectivity index (χ3v) is 2.03. The minimum absolute atomic E-state index is 0.360. The lowest BCUT2D eigenvalue weighted by Crippen LogP contribution is -2.43. The van der Waals surface area contributed by atoms with E-state index in [-0.39, 0.29) is 5.56 Å². The second-order valence-corrected chi connectivity index (χ2v) is 3.39. The highest BCUT2D eigenvalue weighted by molar-refractivity contribution is 5.97. The van der Waals surface area contributed by atoms with E-state index in [0.29, 0.717) is 0 Å². The van der Waals surface area contributed by atoms with Crippen molar-refractivity contribution in [3.8, 4) is 0 Å². The van der Waals surface area contributed by atoms with Crippen molar-refractivity contribution in [2.45, 2.75) is 12.5 Å². The summed E-state index contributed by atoms with van der Waals surface area (Å²) in [6.45, 7) is 0. The molecule has 0 spiro atoms. The summed E-state index contributed by atoms with van der Waals surface area (Å²) in [4.78, 5) is 36.4. The van der Waals surface area contributed by atoms with Gasteiger partial charge in [-0.25, -0.2) is 9.18 Å². The predicted octanol–water partition coefficient (Wildman–Crippen LogP) is -0.721. The number of aliphatic carboxylic acids is 1. The molecule has 0 saturated heterocycles. The Morgan fingerprint density at radius 3 is 2.67 bits per heavy atom. The molecule has 18 heavy (non-hydrogen) atoms. The van der Waals surface area contributed by atoms with Gasteiger partial charge < -0.3 is 16.2 Å². The van der Waals surface area contributed by atoms with E-state index in [2.05, 4.69) is 4.98 Å². The Hall–Kier alpha value is -2.51. The molecule has 0 saturated carbocycles. The van der Waals surface area contributed by atoms with E-state index in [4.69, 9.17) is 10.8 Å². The number of nitrogens with two attached hydrogens (primary N) is 1. The van der Waals surface area contributed by atoms with Crippen molar-refractivity contribution >= 4 is 17.8 Å². The number of halogens is 1. The Morgan fingerprint density at radius 1 is 1.50 bits per heavy atom. The first kappa shape index (κ1) is 13.6. The van der Waals surface area contributed by atoms with E-state index in [1.165, 1.54) is 6.20 Å². The maximum absolute atomic E-state index is 13.2. The summed E-state index contributed by atoms with van der Waals surface area (Å²) in [5, 5.41) is 10.8. The standard InChI is InChI=1S/C10H10FN3O4/c11-6-4-13-2-1-5(6)9(16)14-7(10(17)18)3-8(12)15/h1-2,4,7H,3H2,(H2,12,15)(H,14,16)(H,17,18). The second-order valence-electron chi connectivity index (χ2n) is 3.39. The topological polar surface area (TPSA) is 122 Å². The first-order valence-electron chi connectivity index (χ1n) is 4.83. The molecule has 7 nitrogen and oxygen atoms in total. The van der Waals surface area contributed by atoms with Gasteiger partial charge in [-0.1, -0.05) is 0 Å². The minimum Gasteiger partial charge on any atom is -0.480 e. The maximum Gasteiger partial charge on any atom is 0.326 e. The van der Waals surface area contributed by atoms with Gasteiger partial charge in [0.2, 0.25) is 5.91 Å². The number of carbonyl (C=O) groups excluding carboxylic acids is 2. The van der Waals surface area contributed by atoms with Gasteiger partial charge in [-0.3, -0.25) is 14.6 Å². The smallest absolute Gasteiger partial charge is 0.326 e. The zero-order valence-electron chi connectivity index (χ0n) is 9.09. The van der Waals surface area contributed by atoms with E-state index in [1.807, 2.05) is 5.32 Å². The predicted molar refractivity (Wildman–Crippen MR) is 56.9 cm³/mol. The van der Waals surface area contributed by atoms with Gasteiger partial charge in [0.05, 0.1) is 18.2 Å². The molecule has 96 valence electrons. The Morgan fingerprint density at radius 2 is 2.17 bits per heavy atom. The first-order valence-corrected chi connectivity index (χ1v) is 4.83. The van der Waals surface area contributed by atoms with Crippen molar-refractivity contribution in [2.75, 3.05) is 0 Å². The molecule has 1 atom stereocenters. The summed E-state index contributed by atoms with van der Waals surface area (Å²) in [6, 6.07) is -0.407. The summed E-state index contributed by atoms with van der Waals surface area (Å²) in [5.41, 5.74) is 4.48. The average molecular weight is 255 g/mol. The number of carbonyl (C=O) groups is 3. The number of rotatable bonds is 5. The van der Waals surface area contributed by atoms with Crippen LogP contribution in [0.25, 0.3) is 0 Å². The lowest BCUT2D eigenvalue weighted by atomic mass is 10.1. The van der Waals surface area contributed by atoms with Crippen LogP contribution in [-0.4, -0.2) is 33.9 Å². The van der Waals surface area contributed by atoms with Gasteiger partial charge >= 0.3 is 5.97 Å². The largest absolute Gasteiger partial charge is 0.480 e. The quantitative estimate of drug-likeness (QED) is 0.640. The first-order chi connectivity index (χ1) is 8.41. The lowest BCUT2D eigenvalue weighted by Gasteiger charge is -2.12. The number of carboxylic acids is 1. The fourth-order valence-electron chi connectivity index (χ4n) is 1.20. The van der Waals surface area contributed by atoms with Gasteiger partial charge in [-0.2, -0.15) is 0 Å². The molecule has 0 aliphatic carbocycles. The monoisotopic (exact) mass is 255 g/mol. The molecule has 0 aliphatic rings. The number of aromatic nitrogens is 1. The van der Waals surface area contributed by atoms with Crippen molar-refractivity contribution in [2.24, 2.45) is 5.73 Å². The average Bonchev–Trinajstić information content (AvgIpc) is 2.27. The molecule has 1 aromatic heterocycles. The molecular formula is C10H10FN3O4. The molecule has 1 heterocycles. The lowest BCUT2D eigenvalue weighted by molar-refractivity contribution is -0.140. The molecule has 0 bridgehead atoms. The van der Waals surface area contributed by atoms with Crippen molar-refractivity contribution in [3.63, 3.8) is 0 Å². The fraction of sp³-hybridized carbons (Fsp3) is 0.200. The molecule has 1 rings (SSSR count). The van der Waals surface area contributed by atoms with Crippen molar-refractivity contribution < 1.29 is 23.9 Å². The minimum atomic E-state index is -1.50. The molecule has 0 fully saturated rings. The molecular weight excluding hydrogens is 245 g/mol. The van der Waals surface area contributed by atoms with Gasteiger partial charge in [0.15, 0.2) is 5.82 Å². The highest BCUT2D eigenvalue weighted by Crippen LogP contribution is 2.05. The molecule has 4 N–H and O–H groups in total. The van der Waals surface area contributed by atoms with Gasteiger partial charge in [-0.05, 0) is 6.07 Å². The Bertz CT molecular complexity index is 492. The number of primary amides is 1. The number of nitrogens with one attached hydrogen (secondary N) is 1. The molecule has 0 aliphatic heterocycles. The molecule has 8 heteroatoms. The van der Waals surface area contributed by atoms with Crippen LogP contribution >= 0.6 is 0 Å². The highest BCUT2D eigenvalue weighted by atomic mass is 19.1. The number of carboxylic acid groups (broad SMARTS) is 1. The number of nitrogens with zero attached hydrogens (tertiary/aromatic N) is 1. The highest BCUT2D eigenvalue weighted by Gasteiger charge is 2.23. The van der Waals surface area contributed by atoms with Gasteiger partial charge in [-0.15, -0.1) is 0 Å². The van der Waals surface area contributed by atoms with Crippen molar-refractivity contribution in [1.82, 2.24) is 10.3 Å². The van der Waals surface area contributed by atoms with Crippen LogP contribution in [-0.2, 0) is 9.59 Å². The van der Waals surface area contributed by atoms with E-state index < -0.39 is 36.1 Å². The SMILES string of the molecule is NC(=O)CC(NC(=O)c1ccncc1F)C(=O)O. The molecule has 1 unspecified atom stereocenters. The van der Waals surface area contributed by atoms with Crippen LogP contribution in [0.2, 0.25) is 0 Å². The van der Waals surface area contributed by atoms with Crippen LogP contribution in [0.4, 0.5) is 4.39 Å². The Labute approximate surface area is 101 Å². The van der Waals surface area contributed by atoms with Crippen LogP contribution in [0.5, 0.6) is 0 Å². The van der Waals surface area contributed by atoms with Crippen LogP contribution in [0.15, 0.2) is 18.5 Å². The normalized spacial score (nSPS) is 11.6. The van der Waals surface area contributed by atoms with Gasteiger partial charge in [0.1, 0.15) is 6.04 Å². The van der Waals surface area contributed by atoms with E-state index in [1.54, 1.807) is 0 Å². The Kier molecular flexibility index (Phi) is 4.30. The van der Waals surface area contributed by atoms with Crippen LogP contribution < -0.4 is 11.1 Å². The molecule has 0 radical (unpaired) electrons. The van der Waals surface area contributed by atoms with Gasteiger partial charge in [0.25, 0.3) is 5.91 Å². The molecule has 0 aromatic carbocycles. The van der Waals surface area contributed by atoms with Crippen LogP contribution in [0.1, 0.15) is 16.8 Å². The van der Waals surface area contributed by atoms with Gasteiger partial charge in [0, 0.05) is 6.20 Å². The zero-order valence-corrected chi connectivity index (χ0v) is 9.09. The van der Waals surface area contributed by atoms with E-state index in [9.17, 15) is 18.8 Å². The maximum atomic E-state index is 13.2. The van der Waals surface area contributed by atoms with E-state index >= 15 is 0 Å². The number of amides is 2. The van der Waals surface area contributed by atoms with Crippen LogP contribution in [0.3, 0.4) is 0 Å². The van der Waals surface area contributed by atoms with Crippen molar-refractivity contribution in [3.05, 3.63) is 29.8 Å². The van der Waals surface area contributed by atoms with Crippen LogP contribution in [0, 0.1) is 5.82 Å². The third-order valence-electron chi connectivity index (χ3n) is 2.03. The third kappa shape index (κ3) is 3.51. The van der Waals surface area contributed by atoms with Crippen molar-refractivity contribution in [1.29, 1.82) is 0 Å². The molecule has 1 aromatic rings. The van der Waals surface area contributed by atoms with E-state index in [0.717, 1.165) is 12.3 Å².